The van der Waals surface area contributed by atoms with Gasteiger partial charge in [-0.2, -0.15) is 0 Å². The third kappa shape index (κ3) is 3.92. The van der Waals surface area contributed by atoms with E-state index in [0.717, 1.165) is 11.1 Å². The summed E-state index contributed by atoms with van der Waals surface area (Å²) in [6.45, 7) is 0. The largest absolute Gasteiger partial charge is 0.345 e. The fraction of sp³-hybridized carbons (Fsp3) is 0.133. The quantitative estimate of drug-likeness (QED) is 0.875. The summed E-state index contributed by atoms with van der Waals surface area (Å²) in [7, 11) is -3.20. The van der Waals surface area contributed by atoms with Gasteiger partial charge in [-0.3, -0.25) is 4.79 Å². The fourth-order valence-corrected chi connectivity index (χ4v) is 3.31. The molecule has 0 saturated carbocycles. The Kier molecular flexibility index (Phi) is 4.07. The van der Waals surface area contributed by atoms with Crippen LogP contribution >= 0.6 is 0 Å². The number of hydrogen-bond acceptors (Lipinski definition) is 6. The Morgan fingerprint density at radius 3 is 2.43 bits per heavy atom. The summed E-state index contributed by atoms with van der Waals surface area (Å²) < 4.78 is 22.6. The van der Waals surface area contributed by atoms with Crippen molar-refractivity contribution in [2.45, 2.75) is 6.04 Å². The molecule has 0 radical (unpaired) electrons. The van der Waals surface area contributed by atoms with Crippen LogP contribution in [0.5, 0.6) is 0 Å². The Hall–Kier alpha value is -2.74. The molecule has 118 valence electrons. The van der Waals surface area contributed by atoms with Crippen LogP contribution in [-0.2, 0) is 9.84 Å². The summed E-state index contributed by atoms with van der Waals surface area (Å²) in [5, 5.41) is 6.74. The maximum Gasteiger partial charge on any atom is 0.254 e. The molecule has 1 aliphatic heterocycles. The average molecular weight is 330 g/mol. The second-order valence-electron chi connectivity index (χ2n) is 5.02. The topological polar surface area (TPSA) is 101 Å². The highest BCUT2D eigenvalue weighted by Gasteiger charge is 2.23. The van der Waals surface area contributed by atoms with Crippen LogP contribution in [0.4, 0.5) is 11.6 Å². The molecule has 2 N–H and O–H groups in total. The van der Waals surface area contributed by atoms with Gasteiger partial charge in [-0.25, -0.2) is 18.4 Å². The van der Waals surface area contributed by atoms with Crippen LogP contribution in [0.25, 0.3) is 0 Å². The van der Waals surface area contributed by atoms with Gasteiger partial charge in [0.05, 0.1) is 17.4 Å². The van der Waals surface area contributed by atoms with Gasteiger partial charge in [-0.1, -0.05) is 18.2 Å². The van der Waals surface area contributed by atoms with Gasteiger partial charge in [0.2, 0.25) is 5.95 Å². The van der Waals surface area contributed by atoms with E-state index in [-0.39, 0.29) is 11.3 Å². The van der Waals surface area contributed by atoms with Gasteiger partial charge in [0.15, 0.2) is 9.84 Å². The molecule has 0 aliphatic carbocycles. The van der Waals surface area contributed by atoms with Gasteiger partial charge in [0.1, 0.15) is 0 Å². The second-order valence-corrected chi connectivity index (χ2v) is 6.96. The third-order valence-corrected chi connectivity index (χ3v) is 4.59. The molecule has 1 amide bonds. The number of carbonyl (C=O) groups is 1. The van der Waals surface area contributed by atoms with Crippen molar-refractivity contribution in [3.63, 3.8) is 0 Å². The first-order chi connectivity index (χ1) is 11.0. The van der Waals surface area contributed by atoms with Crippen molar-refractivity contribution in [1.29, 1.82) is 0 Å². The SMILES string of the molecule is O=C(N[C@@H]1C=CS(=O)(=O)C1)c1cnc(Nc2ccccc2)nc1. The van der Waals surface area contributed by atoms with Gasteiger partial charge >= 0.3 is 0 Å². The number of nitrogens with zero attached hydrogens (tertiary/aromatic N) is 2. The van der Waals surface area contributed by atoms with E-state index in [1.54, 1.807) is 0 Å². The van der Waals surface area contributed by atoms with Crippen LogP contribution < -0.4 is 10.6 Å². The Morgan fingerprint density at radius 1 is 1.13 bits per heavy atom. The van der Waals surface area contributed by atoms with Gasteiger partial charge in [-0.05, 0) is 18.2 Å². The highest BCUT2D eigenvalue weighted by molar-refractivity contribution is 7.94. The molecule has 0 saturated heterocycles. The third-order valence-electron chi connectivity index (χ3n) is 3.19. The molecule has 8 heteroatoms. The summed E-state index contributed by atoms with van der Waals surface area (Å²) in [6, 6.07) is 8.89. The Morgan fingerprint density at radius 2 is 1.83 bits per heavy atom. The molecule has 0 unspecified atom stereocenters. The van der Waals surface area contributed by atoms with E-state index in [0.29, 0.717) is 5.95 Å². The standard InChI is InChI=1S/C15H14N4O3S/c20-14(18-13-6-7-23(21,22)10-13)11-8-16-15(17-9-11)19-12-4-2-1-3-5-12/h1-9,13H,10H2,(H,18,20)(H,16,17,19)/t13-/m1/s1. The van der Waals surface area contributed by atoms with Crippen molar-refractivity contribution in [3.8, 4) is 0 Å². The lowest BCUT2D eigenvalue weighted by Crippen LogP contribution is -2.35. The molecule has 0 fully saturated rings. The highest BCUT2D eigenvalue weighted by Crippen LogP contribution is 2.12. The van der Waals surface area contributed by atoms with E-state index in [2.05, 4.69) is 20.6 Å². The van der Waals surface area contributed by atoms with Crippen LogP contribution in [0, 0.1) is 0 Å². The Labute approximate surface area is 133 Å². The molecular weight excluding hydrogens is 316 g/mol. The van der Waals surface area contributed by atoms with E-state index in [9.17, 15) is 13.2 Å². The van der Waals surface area contributed by atoms with Gasteiger partial charge < -0.3 is 10.6 Å². The van der Waals surface area contributed by atoms with Crippen LogP contribution in [0.2, 0.25) is 0 Å². The maximum atomic E-state index is 12.0. The molecule has 23 heavy (non-hydrogen) atoms. The maximum absolute atomic E-state index is 12.0. The number of anilines is 2. The van der Waals surface area contributed by atoms with Gasteiger partial charge in [0, 0.05) is 23.5 Å². The molecule has 7 nitrogen and oxygen atoms in total. The molecule has 1 aromatic carbocycles. The summed E-state index contributed by atoms with van der Waals surface area (Å²) in [6.07, 6.45) is 4.24. The lowest BCUT2D eigenvalue weighted by atomic mass is 10.2. The first-order valence-electron chi connectivity index (χ1n) is 6.88. The van der Waals surface area contributed by atoms with Crippen molar-refractivity contribution in [1.82, 2.24) is 15.3 Å². The van der Waals surface area contributed by atoms with Gasteiger partial charge in [0.25, 0.3) is 5.91 Å². The predicted octanol–water partition coefficient (Wildman–Crippen LogP) is 1.26. The Bertz CT molecular complexity index is 833. The van der Waals surface area contributed by atoms with E-state index in [1.165, 1.54) is 18.5 Å². The fourth-order valence-electron chi connectivity index (χ4n) is 2.08. The van der Waals surface area contributed by atoms with E-state index in [1.807, 2.05) is 30.3 Å². The van der Waals surface area contributed by atoms with Crippen molar-refractivity contribution in [3.05, 3.63) is 59.8 Å². The number of benzene rings is 1. The average Bonchev–Trinajstić information content (AvgIpc) is 2.88. The number of aromatic nitrogens is 2. The van der Waals surface area contributed by atoms with E-state index < -0.39 is 21.8 Å². The molecule has 1 atom stereocenters. The van der Waals surface area contributed by atoms with Crippen molar-refractivity contribution in [2.24, 2.45) is 0 Å². The number of amides is 1. The summed E-state index contributed by atoms with van der Waals surface area (Å²) in [4.78, 5) is 20.2. The number of hydrogen-bond donors (Lipinski definition) is 2. The number of para-hydroxylation sites is 1. The van der Waals surface area contributed by atoms with Gasteiger partial charge in [-0.15, -0.1) is 0 Å². The molecule has 1 aromatic heterocycles. The van der Waals surface area contributed by atoms with E-state index >= 15 is 0 Å². The number of nitrogens with one attached hydrogen (secondary N) is 2. The zero-order valence-corrected chi connectivity index (χ0v) is 12.8. The van der Waals surface area contributed by atoms with Crippen molar-refractivity contribution >= 4 is 27.4 Å². The smallest absolute Gasteiger partial charge is 0.254 e. The van der Waals surface area contributed by atoms with Crippen LogP contribution in [0.1, 0.15) is 10.4 Å². The zero-order chi connectivity index (χ0) is 16.3. The lowest BCUT2D eigenvalue weighted by molar-refractivity contribution is 0.0947. The minimum absolute atomic E-state index is 0.118. The molecule has 2 heterocycles. The normalized spacial score (nSPS) is 18.5. The monoisotopic (exact) mass is 330 g/mol. The molecule has 3 rings (SSSR count). The number of rotatable bonds is 4. The highest BCUT2D eigenvalue weighted by atomic mass is 32.2. The number of sulfone groups is 1. The molecular formula is C15H14N4O3S. The second kappa shape index (κ2) is 6.17. The van der Waals surface area contributed by atoms with Crippen molar-refractivity contribution in [2.75, 3.05) is 11.1 Å². The first-order valence-corrected chi connectivity index (χ1v) is 8.59. The molecule has 1 aliphatic rings. The molecule has 0 spiro atoms. The summed E-state index contributed by atoms with van der Waals surface area (Å²) in [5.41, 5.74) is 1.10. The first kappa shape index (κ1) is 15.2. The lowest BCUT2D eigenvalue weighted by Gasteiger charge is -2.10. The number of carbonyl (C=O) groups excluding carboxylic acids is 1. The van der Waals surface area contributed by atoms with Crippen LogP contribution in [-0.4, -0.2) is 36.1 Å². The zero-order valence-electron chi connectivity index (χ0n) is 12.0. The predicted molar refractivity (Wildman–Crippen MR) is 85.9 cm³/mol. The molecule has 2 aromatic rings. The summed E-state index contributed by atoms with van der Waals surface area (Å²) in [5.74, 6) is -0.160. The molecule has 0 bridgehead atoms. The van der Waals surface area contributed by atoms with Crippen molar-refractivity contribution < 1.29 is 13.2 Å². The van der Waals surface area contributed by atoms with E-state index in [4.69, 9.17) is 0 Å². The summed E-state index contributed by atoms with van der Waals surface area (Å²) >= 11 is 0. The minimum Gasteiger partial charge on any atom is -0.345 e. The van der Waals surface area contributed by atoms with Crippen LogP contribution in [0.3, 0.4) is 0 Å². The van der Waals surface area contributed by atoms with Crippen LogP contribution in [0.15, 0.2) is 54.2 Å². The minimum atomic E-state index is -3.20. The Balaban J connectivity index is 1.63.